The molecule has 0 saturated carbocycles. The van der Waals surface area contributed by atoms with Gasteiger partial charge in [-0.25, -0.2) is 0 Å². The molecule has 1 fully saturated rings. The molecular formula is C21H32F3N5O. The Morgan fingerprint density at radius 1 is 1.20 bits per heavy atom. The number of halogens is 3. The molecule has 1 heterocycles. The van der Waals surface area contributed by atoms with Crippen LogP contribution in [0.2, 0.25) is 0 Å². The van der Waals surface area contributed by atoms with Crippen molar-refractivity contribution >= 4 is 17.6 Å². The summed E-state index contributed by atoms with van der Waals surface area (Å²) >= 11 is 0. The van der Waals surface area contributed by atoms with Gasteiger partial charge in [-0.1, -0.05) is 26.0 Å². The number of carbonyl (C=O) groups is 1. The van der Waals surface area contributed by atoms with Crippen molar-refractivity contribution in [1.82, 2.24) is 15.1 Å². The minimum absolute atomic E-state index is 0.00984. The Morgan fingerprint density at radius 2 is 1.87 bits per heavy atom. The van der Waals surface area contributed by atoms with Gasteiger partial charge in [0.05, 0.1) is 0 Å². The number of benzene rings is 1. The third-order valence-corrected chi connectivity index (χ3v) is 5.55. The van der Waals surface area contributed by atoms with Crippen LogP contribution >= 0.6 is 0 Å². The molecule has 0 radical (unpaired) electrons. The first-order valence-corrected chi connectivity index (χ1v) is 10.3. The number of piperazine rings is 1. The minimum atomic E-state index is -4.21. The summed E-state index contributed by atoms with van der Waals surface area (Å²) in [5.41, 5.74) is 1.71. The van der Waals surface area contributed by atoms with Gasteiger partial charge < -0.3 is 15.5 Å². The zero-order valence-corrected chi connectivity index (χ0v) is 18.1. The molecule has 1 aromatic carbocycles. The van der Waals surface area contributed by atoms with Crippen LogP contribution in [0.1, 0.15) is 32.8 Å². The van der Waals surface area contributed by atoms with Gasteiger partial charge in [0.2, 0.25) is 5.91 Å². The van der Waals surface area contributed by atoms with Crippen LogP contribution in [0.15, 0.2) is 29.3 Å². The lowest BCUT2D eigenvalue weighted by molar-refractivity contribution is -0.181. The predicted octanol–water partition coefficient (Wildman–Crippen LogP) is 3.32. The summed E-state index contributed by atoms with van der Waals surface area (Å²) in [6.07, 6.45) is -3.43. The summed E-state index contributed by atoms with van der Waals surface area (Å²) in [6.45, 7) is 7.18. The van der Waals surface area contributed by atoms with E-state index in [2.05, 4.69) is 15.6 Å². The summed E-state index contributed by atoms with van der Waals surface area (Å²) in [4.78, 5) is 19.8. The molecule has 0 bridgehead atoms. The Hall–Kier alpha value is -2.29. The van der Waals surface area contributed by atoms with Crippen molar-refractivity contribution in [3.63, 3.8) is 0 Å². The SMILES string of the molecule is CCC(C)C(=O)Nc1cccc(CNC(=NC)N2CCN(C(C)C(F)(F)F)CC2)c1. The number of nitrogens with one attached hydrogen (secondary N) is 2. The number of aliphatic imine (C=N–C) groups is 1. The number of anilines is 1. The molecule has 1 amide bonds. The van der Waals surface area contributed by atoms with Crippen LogP contribution < -0.4 is 10.6 Å². The van der Waals surface area contributed by atoms with E-state index < -0.39 is 12.2 Å². The van der Waals surface area contributed by atoms with Gasteiger partial charge in [0.15, 0.2) is 5.96 Å². The summed E-state index contributed by atoms with van der Waals surface area (Å²) in [7, 11) is 1.66. The highest BCUT2D eigenvalue weighted by atomic mass is 19.4. The molecule has 1 aromatic rings. The molecule has 0 aromatic heterocycles. The van der Waals surface area contributed by atoms with E-state index in [-0.39, 0.29) is 11.8 Å². The van der Waals surface area contributed by atoms with E-state index in [1.165, 1.54) is 11.8 Å². The molecule has 2 atom stereocenters. The van der Waals surface area contributed by atoms with Crippen LogP contribution in [0.3, 0.4) is 0 Å². The van der Waals surface area contributed by atoms with E-state index in [1.807, 2.05) is 43.0 Å². The summed E-state index contributed by atoms with van der Waals surface area (Å²) in [5, 5.41) is 6.19. The topological polar surface area (TPSA) is 60.0 Å². The zero-order valence-electron chi connectivity index (χ0n) is 18.1. The van der Waals surface area contributed by atoms with Crippen LogP contribution in [-0.2, 0) is 11.3 Å². The predicted molar refractivity (Wildman–Crippen MR) is 113 cm³/mol. The van der Waals surface area contributed by atoms with Crippen molar-refractivity contribution in [3.8, 4) is 0 Å². The summed E-state index contributed by atoms with van der Waals surface area (Å²) < 4.78 is 38.8. The van der Waals surface area contributed by atoms with Crippen LogP contribution in [0.4, 0.5) is 18.9 Å². The summed E-state index contributed by atoms with van der Waals surface area (Å²) in [5.74, 6) is 0.595. The van der Waals surface area contributed by atoms with Crippen molar-refractivity contribution in [2.24, 2.45) is 10.9 Å². The number of hydrogen-bond donors (Lipinski definition) is 2. The van der Waals surface area contributed by atoms with Crippen LogP contribution in [0.25, 0.3) is 0 Å². The first-order chi connectivity index (χ1) is 14.2. The third kappa shape index (κ3) is 6.62. The molecule has 2 N–H and O–H groups in total. The number of carbonyl (C=O) groups excluding carboxylic acids is 1. The van der Waals surface area contributed by atoms with Gasteiger partial charge in [-0.05, 0) is 31.0 Å². The number of nitrogens with zero attached hydrogens (tertiary/aromatic N) is 3. The fourth-order valence-corrected chi connectivity index (χ4v) is 3.25. The van der Waals surface area contributed by atoms with E-state index in [0.29, 0.717) is 38.7 Å². The molecule has 168 valence electrons. The molecule has 1 saturated heterocycles. The molecule has 0 spiro atoms. The van der Waals surface area contributed by atoms with E-state index in [4.69, 9.17) is 0 Å². The largest absolute Gasteiger partial charge is 0.403 e. The van der Waals surface area contributed by atoms with Gasteiger partial charge in [0.25, 0.3) is 0 Å². The van der Waals surface area contributed by atoms with Gasteiger partial charge >= 0.3 is 6.18 Å². The highest BCUT2D eigenvalue weighted by molar-refractivity contribution is 5.92. The van der Waals surface area contributed by atoms with E-state index >= 15 is 0 Å². The normalized spacial score (nSPS) is 18.1. The molecular weight excluding hydrogens is 395 g/mol. The highest BCUT2D eigenvalue weighted by Crippen LogP contribution is 2.25. The lowest BCUT2D eigenvalue weighted by atomic mass is 10.1. The monoisotopic (exact) mass is 427 g/mol. The molecule has 0 aliphatic carbocycles. The number of amides is 1. The molecule has 6 nitrogen and oxygen atoms in total. The Labute approximate surface area is 176 Å². The molecule has 9 heteroatoms. The fourth-order valence-electron chi connectivity index (χ4n) is 3.25. The lowest BCUT2D eigenvalue weighted by Gasteiger charge is -2.39. The Balaban J connectivity index is 1.89. The van der Waals surface area contributed by atoms with Gasteiger partial charge in [-0.3, -0.25) is 14.7 Å². The molecule has 30 heavy (non-hydrogen) atoms. The van der Waals surface area contributed by atoms with Gasteiger partial charge in [-0.15, -0.1) is 0 Å². The van der Waals surface area contributed by atoms with Crippen LogP contribution in [0.5, 0.6) is 0 Å². The van der Waals surface area contributed by atoms with Gasteiger partial charge in [0, 0.05) is 51.4 Å². The van der Waals surface area contributed by atoms with E-state index in [9.17, 15) is 18.0 Å². The fraction of sp³-hybridized carbons (Fsp3) is 0.619. The van der Waals surface area contributed by atoms with Crippen molar-refractivity contribution in [3.05, 3.63) is 29.8 Å². The molecule has 1 aliphatic rings. The highest BCUT2D eigenvalue weighted by Gasteiger charge is 2.41. The zero-order chi connectivity index (χ0) is 22.3. The van der Waals surface area contributed by atoms with Crippen LogP contribution in [-0.4, -0.2) is 67.1 Å². The van der Waals surface area contributed by atoms with Gasteiger partial charge in [0.1, 0.15) is 6.04 Å². The average molecular weight is 428 g/mol. The van der Waals surface area contributed by atoms with Crippen molar-refractivity contribution in [1.29, 1.82) is 0 Å². The molecule has 2 unspecified atom stereocenters. The van der Waals surface area contributed by atoms with Gasteiger partial charge in [-0.2, -0.15) is 13.2 Å². The second-order valence-corrected chi connectivity index (χ2v) is 7.64. The first-order valence-electron chi connectivity index (χ1n) is 10.3. The first kappa shape index (κ1) is 24.0. The maximum atomic E-state index is 12.9. The van der Waals surface area contributed by atoms with E-state index in [1.54, 1.807) is 7.05 Å². The quantitative estimate of drug-likeness (QED) is 0.540. The standard InChI is InChI=1S/C21H32F3N5O/c1-5-15(2)19(30)27-18-8-6-7-17(13-18)14-26-20(25-4)29-11-9-28(10-12-29)16(3)21(22,23)24/h6-8,13,15-16H,5,9-12,14H2,1-4H3,(H,25,26)(H,27,30). The second-order valence-electron chi connectivity index (χ2n) is 7.64. The average Bonchev–Trinajstić information content (AvgIpc) is 2.73. The van der Waals surface area contributed by atoms with Crippen molar-refractivity contribution < 1.29 is 18.0 Å². The van der Waals surface area contributed by atoms with Crippen molar-refractivity contribution in [2.45, 2.75) is 46.0 Å². The number of guanidine groups is 1. The molecule has 1 aliphatic heterocycles. The lowest BCUT2D eigenvalue weighted by Crippen LogP contribution is -2.56. The smallest absolute Gasteiger partial charge is 0.352 e. The number of alkyl halides is 3. The minimum Gasteiger partial charge on any atom is -0.352 e. The number of hydrogen-bond acceptors (Lipinski definition) is 3. The Kier molecular flexibility index (Phi) is 8.52. The Bertz CT molecular complexity index is 730. The maximum Gasteiger partial charge on any atom is 0.403 e. The van der Waals surface area contributed by atoms with Crippen molar-refractivity contribution in [2.75, 3.05) is 38.5 Å². The van der Waals surface area contributed by atoms with E-state index in [0.717, 1.165) is 17.7 Å². The Morgan fingerprint density at radius 3 is 2.43 bits per heavy atom. The second kappa shape index (κ2) is 10.7. The number of rotatable bonds is 6. The summed E-state index contributed by atoms with van der Waals surface area (Å²) in [6, 6.07) is 6.14. The van der Waals surface area contributed by atoms with Crippen LogP contribution in [0, 0.1) is 5.92 Å². The maximum absolute atomic E-state index is 12.9. The molecule has 2 rings (SSSR count). The third-order valence-electron chi connectivity index (χ3n) is 5.55.